The van der Waals surface area contributed by atoms with Crippen LogP contribution in [-0.4, -0.2) is 65.2 Å². The molecule has 2 aromatic carbocycles. The number of carbonyl (C=O) groups excluding carboxylic acids is 1. The topological polar surface area (TPSA) is 103 Å². The fraction of sp³-hybridized carbons (Fsp3) is 0.400. The molecule has 3 aromatic rings. The normalized spacial score (nSPS) is 14.4. The number of rotatable bonds is 9. The van der Waals surface area contributed by atoms with Crippen molar-refractivity contribution < 1.29 is 28.2 Å². The van der Waals surface area contributed by atoms with Crippen LogP contribution in [0.15, 0.2) is 46.0 Å². The number of halogens is 2. The predicted molar refractivity (Wildman–Crippen MR) is 129 cm³/mol. The Morgan fingerprint density at radius 1 is 1.11 bits per heavy atom. The molecule has 4 rings (SSSR count). The summed E-state index contributed by atoms with van der Waals surface area (Å²) in [6, 6.07) is 8.66. The van der Waals surface area contributed by atoms with Gasteiger partial charge in [0.15, 0.2) is 17.6 Å². The Balaban J connectivity index is 1.86. The molecule has 9 nitrogen and oxygen atoms in total. The number of fused-ring (bicyclic) bond motifs is 1. The molecule has 0 bridgehead atoms. The number of aromatic nitrogens is 2. The number of hydrogen-bond donors (Lipinski definition) is 1. The quantitative estimate of drug-likeness (QED) is 0.450. The molecule has 0 unspecified atom stereocenters. The van der Waals surface area contributed by atoms with Crippen molar-refractivity contribution in [1.29, 1.82) is 0 Å². The molecule has 1 aliphatic heterocycles. The predicted octanol–water partition coefficient (Wildman–Crippen LogP) is 2.41. The van der Waals surface area contributed by atoms with Crippen molar-refractivity contribution in [1.82, 2.24) is 14.0 Å². The summed E-state index contributed by atoms with van der Waals surface area (Å²) in [5, 5.41) is 10.1. The van der Waals surface area contributed by atoms with Crippen LogP contribution in [0.2, 0.25) is 0 Å². The maximum atomic E-state index is 13.7. The maximum absolute atomic E-state index is 13.7. The highest BCUT2D eigenvalue weighted by Crippen LogP contribution is 2.28. The zero-order chi connectivity index (χ0) is 25.8. The molecule has 0 aliphatic carbocycles. The minimum absolute atomic E-state index is 0.0801. The van der Waals surface area contributed by atoms with E-state index in [1.54, 1.807) is 21.6 Å². The molecule has 0 spiro atoms. The van der Waals surface area contributed by atoms with Crippen molar-refractivity contribution in [3.63, 3.8) is 0 Å². The molecule has 1 amide bonds. The van der Waals surface area contributed by atoms with Crippen LogP contribution < -0.4 is 20.7 Å². The lowest BCUT2D eigenvalue weighted by Gasteiger charge is -2.31. The standard InChI is InChI=1S/C25H27F2N3O6/c1-35-23-10-16(2-5-22(23)32)14-29-24(33)20-11-18(36-19(12-26)13-27)3-4-21(20)30(25(29)34)17-6-8-28(15-31)9-7-17/h2-5,10-11,15,17,19,32H,6-9,12-14H2,1H3. The summed E-state index contributed by atoms with van der Waals surface area (Å²) >= 11 is 0. The lowest BCUT2D eigenvalue weighted by molar-refractivity contribution is -0.119. The molecular weight excluding hydrogens is 476 g/mol. The first-order valence-corrected chi connectivity index (χ1v) is 11.5. The van der Waals surface area contributed by atoms with Gasteiger partial charge >= 0.3 is 5.69 Å². The molecule has 1 saturated heterocycles. The molecule has 1 aliphatic rings. The average molecular weight is 504 g/mol. The number of nitrogens with zero attached hydrogens (tertiary/aromatic N) is 3. The number of piperidine rings is 1. The largest absolute Gasteiger partial charge is 0.504 e. The lowest BCUT2D eigenvalue weighted by Crippen LogP contribution is -2.44. The van der Waals surface area contributed by atoms with Crippen LogP contribution in [0.1, 0.15) is 24.4 Å². The van der Waals surface area contributed by atoms with Gasteiger partial charge in [0.1, 0.15) is 19.1 Å². The Kier molecular flexibility index (Phi) is 7.56. The Morgan fingerprint density at radius 2 is 1.83 bits per heavy atom. The van der Waals surface area contributed by atoms with Crippen LogP contribution in [0, 0.1) is 0 Å². The minimum Gasteiger partial charge on any atom is -0.504 e. The van der Waals surface area contributed by atoms with Crippen LogP contribution >= 0.6 is 0 Å². The van der Waals surface area contributed by atoms with Crippen LogP contribution in [0.4, 0.5) is 8.78 Å². The molecule has 0 atom stereocenters. The van der Waals surface area contributed by atoms with Crippen molar-refractivity contribution in [2.45, 2.75) is 31.5 Å². The van der Waals surface area contributed by atoms with E-state index < -0.39 is 30.7 Å². The third-order valence-corrected chi connectivity index (χ3v) is 6.39. The number of hydrogen-bond acceptors (Lipinski definition) is 6. The number of aromatic hydroxyl groups is 1. The monoisotopic (exact) mass is 503 g/mol. The molecule has 36 heavy (non-hydrogen) atoms. The number of likely N-dealkylation sites (tertiary alicyclic amines) is 1. The summed E-state index contributed by atoms with van der Waals surface area (Å²) in [4.78, 5) is 39.9. The second-order valence-corrected chi connectivity index (χ2v) is 8.65. The van der Waals surface area contributed by atoms with Gasteiger partial charge in [-0.15, -0.1) is 0 Å². The number of amides is 1. The number of phenols is 1. The van der Waals surface area contributed by atoms with Gasteiger partial charge in [0.2, 0.25) is 6.41 Å². The second kappa shape index (κ2) is 10.8. The summed E-state index contributed by atoms with van der Waals surface area (Å²) in [7, 11) is 1.39. The van der Waals surface area contributed by atoms with E-state index in [-0.39, 0.29) is 35.2 Å². The highest BCUT2D eigenvalue weighted by atomic mass is 19.1. The zero-order valence-electron chi connectivity index (χ0n) is 19.7. The molecule has 1 N–H and O–H groups in total. The van der Waals surface area contributed by atoms with Crippen LogP contribution in [-0.2, 0) is 11.3 Å². The first-order chi connectivity index (χ1) is 17.4. The molecule has 0 saturated carbocycles. The van der Waals surface area contributed by atoms with Crippen LogP contribution in [0.5, 0.6) is 17.2 Å². The SMILES string of the molecule is COc1cc(Cn2c(=O)c3cc(OC(CF)CF)ccc3n(C3CCN(C=O)CC3)c2=O)ccc1O. The summed E-state index contributed by atoms with van der Waals surface area (Å²) in [6.07, 6.45) is 0.505. The summed E-state index contributed by atoms with van der Waals surface area (Å²) in [5.74, 6) is 0.226. The van der Waals surface area contributed by atoms with E-state index in [4.69, 9.17) is 9.47 Å². The van der Waals surface area contributed by atoms with E-state index in [1.807, 2.05) is 0 Å². The van der Waals surface area contributed by atoms with Gasteiger partial charge in [-0.05, 0) is 48.7 Å². The van der Waals surface area contributed by atoms with Gasteiger partial charge in [-0.2, -0.15) is 0 Å². The molecule has 1 aromatic heterocycles. The van der Waals surface area contributed by atoms with E-state index in [0.29, 0.717) is 37.0 Å². The minimum atomic E-state index is -1.30. The van der Waals surface area contributed by atoms with Gasteiger partial charge < -0.3 is 19.5 Å². The van der Waals surface area contributed by atoms with Crippen molar-refractivity contribution in [2.24, 2.45) is 0 Å². The number of alkyl halides is 2. The molecule has 11 heteroatoms. The first kappa shape index (κ1) is 25.2. The van der Waals surface area contributed by atoms with Crippen molar-refractivity contribution in [3.05, 3.63) is 62.8 Å². The highest BCUT2D eigenvalue weighted by molar-refractivity contribution is 5.80. The van der Waals surface area contributed by atoms with E-state index in [0.717, 1.165) is 11.0 Å². The van der Waals surface area contributed by atoms with Gasteiger partial charge in [-0.25, -0.2) is 13.6 Å². The van der Waals surface area contributed by atoms with E-state index in [1.165, 1.54) is 31.4 Å². The molecule has 1 fully saturated rings. The number of benzene rings is 2. The maximum Gasteiger partial charge on any atom is 0.332 e. The molecule has 2 heterocycles. The van der Waals surface area contributed by atoms with Crippen molar-refractivity contribution in [2.75, 3.05) is 33.5 Å². The third kappa shape index (κ3) is 4.91. The number of methoxy groups -OCH3 is 1. The fourth-order valence-electron chi connectivity index (χ4n) is 4.48. The lowest BCUT2D eigenvalue weighted by atomic mass is 10.0. The second-order valence-electron chi connectivity index (χ2n) is 8.65. The number of ether oxygens (including phenoxy) is 2. The van der Waals surface area contributed by atoms with Gasteiger partial charge in [-0.3, -0.25) is 18.7 Å². The van der Waals surface area contributed by atoms with E-state index in [2.05, 4.69) is 0 Å². The molecule has 0 radical (unpaired) electrons. The zero-order valence-corrected chi connectivity index (χ0v) is 19.7. The van der Waals surface area contributed by atoms with E-state index >= 15 is 0 Å². The Morgan fingerprint density at radius 3 is 2.47 bits per heavy atom. The van der Waals surface area contributed by atoms with Gasteiger partial charge in [0, 0.05) is 19.1 Å². The first-order valence-electron chi connectivity index (χ1n) is 11.5. The van der Waals surface area contributed by atoms with Crippen LogP contribution in [0.25, 0.3) is 10.9 Å². The Hall–Kier alpha value is -3.89. The average Bonchev–Trinajstić information content (AvgIpc) is 2.91. The van der Waals surface area contributed by atoms with Gasteiger partial charge in [0.05, 0.1) is 24.6 Å². The van der Waals surface area contributed by atoms with Crippen molar-refractivity contribution >= 4 is 17.3 Å². The molecular formula is C25H27F2N3O6. The van der Waals surface area contributed by atoms with E-state index in [9.17, 15) is 28.3 Å². The Bertz CT molecular complexity index is 1360. The fourth-order valence-corrected chi connectivity index (χ4v) is 4.48. The highest BCUT2D eigenvalue weighted by Gasteiger charge is 2.25. The Labute approximate surface area is 205 Å². The smallest absolute Gasteiger partial charge is 0.332 e. The summed E-state index contributed by atoms with van der Waals surface area (Å²) < 4.78 is 39.1. The van der Waals surface area contributed by atoms with Gasteiger partial charge in [-0.1, -0.05) is 6.07 Å². The summed E-state index contributed by atoms with van der Waals surface area (Å²) in [5.41, 5.74) is -0.194. The molecule has 192 valence electrons. The van der Waals surface area contributed by atoms with Crippen molar-refractivity contribution in [3.8, 4) is 17.2 Å². The summed E-state index contributed by atoms with van der Waals surface area (Å²) in [6.45, 7) is -1.23. The van der Waals surface area contributed by atoms with Crippen LogP contribution in [0.3, 0.4) is 0 Å². The third-order valence-electron chi connectivity index (χ3n) is 6.39. The number of phenolic OH excluding ortho intramolecular Hbond substituents is 1. The number of carbonyl (C=O) groups is 1. The van der Waals surface area contributed by atoms with Gasteiger partial charge in [0.25, 0.3) is 5.56 Å².